The minimum Gasteiger partial charge on any atom is -0.480 e. The number of H-pyrrole nitrogens is 1. The summed E-state index contributed by atoms with van der Waals surface area (Å²) >= 11 is 11.7. The largest absolute Gasteiger partial charge is 0.480 e. The number of nitrogens with zero attached hydrogens (tertiary/aromatic N) is 3. The van der Waals surface area contributed by atoms with E-state index in [0.717, 1.165) is 10.9 Å². The number of halogens is 1. The summed E-state index contributed by atoms with van der Waals surface area (Å²) < 4.78 is 0. The molecule has 3 rings (SSSR count). The number of hydrogen-bond donors (Lipinski definition) is 18. The highest BCUT2D eigenvalue weighted by atomic mass is 79.9. The number of aliphatic carboxylic acids is 1. The SMILES string of the molecule is C[C@@H](NC(=O)[C@H](CS)NC(=O)[C@@H](N)CCCN=C(N)N)C(=O)N[C@H](CCCN=C(N)N)C(=O)N[C@H](Cc1ccccc1)C(=O)N[C@@H](CC(Br)CN=C(N)N)C(=O)N[C@H](Cc1c[nH]c2ccccc12)C(=O)N[C@@H](CS)C(=O)O. The zero-order chi connectivity index (χ0) is 57.2. The number of benzene rings is 2. The number of carbonyl (C=O) groups excluding carboxylic acids is 7. The molecule has 0 radical (unpaired) electrons. The van der Waals surface area contributed by atoms with E-state index in [4.69, 9.17) is 40.1 Å². The van der Waals surface area contributed by atoms with Crippen LogP contribution < -0.4 is 77.4 Å². The molecule has 1 unspecified atom stereocenters. The quantitative estimate of drug-likeness (QED) is 0.00914. The van der Waals surface area contributed by atoms with Crippen molar-refractivity contribution < 1.29 is 43.5 Å². The van der Waals surface area contributed by atoms with Crippen LogP contribution in [0.5, 0.6) is 0 Å². The molecule has 422 valence electrons. The van der Waals surface area contributed by atoms with Crippen LogP contribution in [0.4, 0.5) is 0 Å². The highest BCUT2D eigenvalue weighted by Crippen LogP contribution is 2.20. The lowest BCUT2D eigenvalue weighted by molar-refractivity contribution is -0.141. The molecule has 27 nitrogen and oxygen atoms in total. The van der Waals surface area contributed by atoms with Gasteiger partial charge in [0.25, 0.3) is 0 Å². The predicted octanol–water partition coefficient (Wildman–Crippen LogP) is -3.83. The maximum atomic E-state index is 14.7. The Morgan fingerprint density at radius 2 is 1.06 bits per heavy atom. The van der Waals surface area contributed by atoms with E-state index >= 15 is 0 Å². The maximum absolute atomic E-state index is 14.7. The number of para-hydroxylation sites is 1. The van der Waals surface area contributed by atoms with Crippen LogP contribution >= 0.6 is 41.2 Å². The van der Waals surface area contributed by atoms with Gasteiger partial charge in [0.05, 0.1) is 12.6 Å². The predicted molar refractivity (Wildman–Crippen MR) is 302 cm³/mol. The molecule has 0 fully saturated rings. The number of aromatic amines is 1. The standard InChI is InChI=1S/C47H71BrN18O9S2/c1-24(60-43(73)35(22-76)65-38(68)29(49)12-7-15-56-45(50)51)37(67)61-31(14-8-16-57-46(52)53)39(69)62-32(17-25-9-3-2-4-10-25)40(70)64-34(19-27(48)21-59-47(54)55)42(72)63-33(41(71)66-36(23-77)44(74)75)18-26-20-58-30-13-6-5-11-28(26)30/h2-6,9-11,13,20,24,27,29,31-36,58,76-77H,7-8,12,14-19,21-23,49H2,1H3,(H,60,73)(H,61,67)(H,62,69)(H,63,72)(H,64,70)(H,65,68)(H,66,71)(H,74,75)(H4,50,51,56)(H4,52,53,57)(H4,54,55,59)/t24-,27?,29+,31-,32-,33-,34+,35+,36+/m1/s1. The lowest BCUT2D eigenvalue weighted by Gasteiger charge is -2.28. The van der Waals surface area contributed by atoms with Crippen molar-refractivity contribution in [2.24, 2.45) is 55.1 Å². The Hall–Kier alpha value is -7.31. The van der Waals surface area contributed by atoms with Gasteiger partial charge in [-0.05, 0) is 56.2 Å². The maximum Gasteiger partial charge on any atom is 0.327 e. The molecular weight excluding hydrogens is 1100 g/mol. The number of nitrogens with two attached hydrogens (primary N) is 7. The van der Waals surface area contributed by atoms with Gasteiger partial charge >= 0.3 is 5.97 Å². The molecule has 77 heavy (non-hydrogen) atoms. The van der Waals surface area contributed by atoms with Gasteiger partial charge in [-0.15, -0.1) is 0 Å². The van der Waals surface area contributed by atoms with Crippen molar-refractivity contribution in [1.29, 1.82) is 0 Å². The Kier molecular flexibility index (Phi) is 27.4. The summed E-state index contributed by atoms with van der Waals surface area (Å²) in [6, 6.07) is 5.14. The molecule has 23 N–H and O–H groups in total. The number of rotatable bonds is 33. The summed E-state index contributed by atoms with van der Waals surface area (Å²) in [5.41, 5.74) is 40.8. The van der Waals surface area contributed by atoms with E-state index in [1.807, 2.05) is 6.07 Å². The highest BCUT2D eigenvalue weighted by Gasteiger charge is 2.35. The Labute approximate surface area is 464 Å². The van der Waals surface area contributed by atoms with Crippen LogP contribution in [0.25, 0.3) is 10.9 Å². The lowest BCUT2D eigenvalue weighted by atomic mass is 10.0. The van der Waals surface area contributed by atoms with Gasteiger partial charge in [0.15, 0.2) is 17.9 Å². The van der Waals surface area contributed by atoms with E-state index in [1.54, 1.807) is 54.7 Å². The molecule has 2 aromatic carbocycles. The molecular formula is C47H71BrN18O9S2. The topological polar surface area (TPSA) is 476 Å². The van der Waals surface area contributed by atoms with E-state index < -0.39 is 100 Å². The van der Waals surface area contributed by atoms with Crippen molar-refractivity contribution in [3.05, 3.63) is 71.9 Å². The van der Waals surface area contributed by atoms with Crippen molar-refractivity contribution in [1.82, 2.24) is 42.2 Å². The van der Waals surface area contributed by atoms with Crippen LogP contribution in [-0.2, 0) is 51.2 Å². The third kappa shape index (κ3) is 22.8. The van der Waals surface area contributed by atoms with Crippen molar-refractivity contribution in [2.75, 3.05) is 31.1 Å². The van der Waals surface area contributed by atoms with Crippen LogP contribution in [0.2, 0.25) is 0 Å². The fourth-order valence-electron chi connectivity index (χ4n) is 7.40. The van der Waals surface area contributed by atoms with Crippen molar-refractivity contribution in [3.8, 4) is 0 Å². The third-order valence-corrected chi connectivity index (χ3v) is 12.9. The summed E-state index contributed by atoms with van der Waals surface area (Å²) in [4.78, 5) is 124. The molecule has 0 aliphatic rings. The first-order chi connectivity index (χ1) is 36.5. The number of aliphatic imine (C=N–C) groups is 3. The van der Waals surface area contributed by atoms with Gasteiger partial charge in [0.1, 0.15) is 42.3 Å². The lowest BCUT2D eigenvalue weighted by Crippen LogP contribution is -2.60. The van der Waals surface area contributed by atoms with Gasteiger partial charge in [-0.25, -0.2) is 4.79 Å². The zero-order valence-corrected chi connectivity index (χ0v) is 45.7. The van der Waals surface area contributed by atoms with Crippen LogP contribution in [0.3, 0.4) is 0 Å². The molecule has 0 aliphatic heterocycles. The summed E-state index contributed by atoms with van der Waals surface area (Å²) in [5.74, 6) is -8.14. The fourth-order valence-corrected chi connectivity index (χ4v) is 8.42. The van der Waals surface area contributed by atoms with E-state index in [9.17, 15) is 43.5 Å². The number of fused-ring (bicyclic) bond motifs is 1. The number of guanidine groups is 3. The molecule has 1 heterocycles. The number of nitrogens with one attached hydrogen (secondary N) is 8. The van der Waals surface area contributed by atoms with Gasteiger partial charge in [-0.3, -0.25) is 48.5 Å². The number of hydrogen-bond acceptors (Lipinski definition) is 14. The zero-order valence-electron chi connectivity index (χ0n) is 42.3. The summed E-state index contributed by atoms with van der Waals surface area (Å²) in [7, 11) is 0. The number of aromatic nitrogens is 1. The first-order valence-corrected chi connectivity index (χ1v) is 26.4. The molecule has 7 amide bonds. The average molecular weight is 1180 g/mol. The normalized spacial score (nSPS) is 14.5. The van der Waals surface area contributed by atoms with Gasteiger partial charge in [0, 0.05) is 59.4 Å². The third-order valence-electron chi connectivity index (χ3n) is 11.5. The van der Waals surface area contributed by atoms with Crippen LogP contribution in [0.1, 0.15) is 50.2 Å². The average Bonchev–Trinajstić information content (AvgIpc) is 3.79. The number of thiol groups is 2. The molecule has 0 aliphatic carbocycles. The van der Waals surface area contributed by atoms with Crippen LogP contribution in [-0.4, -0.2) is 160 Å². The Bertz CT molecular complexity index is 2560. The van der Waals surface area contributed by atoms with E-state index in [2.05, 4.69) is 98.4 Å². The molecule has 0 bridgehead atoms. The van der Waals surface area contributed by atoms with Crippen molar-refractivity contribution in [2.45, 2.75) is 105 Å². The molecule has 0 saturated heterocycles. The van der Waals surface area contributed by atoms with E-state index in [0.29, 0.717) is 17.5 Å². The minimum atomic E-state index is -1.47. The van der Waals surface area contributed by atoms with Gasteiger partial charge in [-0.1, -0.05) is 64.5 Å². The number of carboxylic acid groups (broad SMARTS) is 1. The van der Waals surface area contributed by atoms with Gasteiger partial charge < -0.3 is 87.4 Å². The first-order valence-electron chi connectivity index (χ1n) is 24.2. The second kappa shape index (κ2) is 33.0. The second-order valence-electron chi connectivity index (χ2n) is 17.7. The summed E-state index contributed by atoms with van der Waals surface area (Å²) in [6.07, 6.45) is 1.84. The van der Waals surface area contributed by atoms with Crippen molar-refractivity contribution in [3.63, 3.8) is 0 Å². The monoisotopic (exact) mass is 1170 g/mol. The molecule has 0 saturated carbocycles. The molecule has 9 atom stereocenters. The Morgan fingerprint density at radius 3 is 1.65 bits per heavy atom. The minimum absolute atomic E-state index is 0.0389. The fraction of sp³-hybridized carbons (Fsp3) is 0.468. The molecule has 30 heteroatoms. The molecule has 0 spiro atoms. The van der Waals surface area contributed by atoms with Crippen molar-refractivity contribution >= 4 is 117 Å². The number of carboxylic acids is 1. The van der Waals surface area contributed by atoms with Gasteiger partial charge in [0.2, 0.25) is 41.4 Å². The summed E-state index contributed by atoms with van der Waals surface area (Å²) in [6.45, 7) is 1.55. The number of amides is 7. The van der Waals surface area contributed by atoms with E-state index in [1.165, 1.54) is 6.92 Å². The van der Waals surface area contributed by atoms with Crippen LogP contribution in [0.15, 0.2) is 75.8 Å². The second-order valence-corrected chi connectivity index (χ2v) is 19.7. The smallest absolute Gasteiger partial charge is 0.327 e. The molecule has 3 aromatic rings. The summed E-state index contributed by atoms with van der Waals surface area (Å²) in [5, 5.41) is 28.6. The Balaban J connectivity index is 1.95. The molecule has 1 aromatic heterocycles. The number of carbonyl (C=O) groups is 8. The van der Waals surface area contributed by atoms with Crippen LogP contribution in [0, 0.1) is 0 Å². The number of alkyl halides is 1. The van der Waals surface area contributed by atoms with Gasteiger partial charge in [-0.2, -0.15) is 25.3 Å². The Morgan fingerprint density at radius 1 is 0.584 bits per heavy atom. The highest BCUT2D eigenvalue weighted by molar-refractivity contribution is 9.09. The first kappa shape index (κ1) is 64.0. The van der Waals surface area contributed by atoms with E-state index in [-0.39, 0.29) is 87.5 Å².